The second-order valence-electron chi connectivity index (χ2n) is 5.57. The molecule has 0 amide bonds. The SMILES string of the molecule is Cc1noc(NS(=O)(=O)c2ccsc2OCc2ccc3c(c2)OCO3)c1Br. The van der Waals surface area contributed by atoms with Gasteiger partial charge in [0, 0.05) is 0 Å². The van der Waals surface area contributed by atoms with Crippen molar-refractivity contribution in [3.8, 4) is 16.6 Å². The maximum atomic E-state index is 12.7. The van der Waals surface area contributed by atoms with Crippen LogP contribution in [0, 0.1) is 6.92 Å². The van der Waals surface area contributed by atoms with E-state index in [-0.39, 0.29) is 29.2 Å². The van der Waals surface area contributed by atoms with Crippen molar-refractivity contribution in [1.82, 2.24) is 5.16 Å². The monoisotopic (exact) mass is 472 g/mol. The molecular weight excluding hydrogens is 460 g/mol. The van der Waals surface area contributed by atoms with Gasteiger partial charge in [0.25, 0.3) is 15.9 Å². The Balaban J connectivity index is 1.51. The van der Waals surface area contributed by atoms with Crippen LogP contribution in [0.2, 0.25) is 0 Å². The Kier molecular flexibility index (Phi) is 4.74. The van der Waals surface area contributed by atoms with Gasteiger partial charge in [-0.05, 0) is 52.0 Å². The molecule has 3 heterocycles. The number of benzene rings is 1. The highest BCUT2D eigenvalue weighted by Gasteiger charge is 2.25. The van der Waals surface area contributed by atoms with Gasteiger partial charge in [-0.25, -0.2) is 13.1 Å². The zero-order valence-electron chi connectivity index (χ0n) is 13.9. The third-order valence-corrected chi connectivity index (χ3v) is 6.95. The molecule has 1 aromatic carbocycles. The molecule has 1 N–H and O–H groups in total. The number of aryl methyl sites for hydroxylation is 1. The van der Waals surface area contributed by atoms with Gasteiger partial charge in [0.05, 0.1) is 5.69 Å². The first-order valence-electron chi connectivity index (χ1n) is 7.67. The topological polar surface area (TPSA) is 99.9 Å². The summed E-state index contributed by atoms with van der Waals surface area (Å²) in [7, 11) is -3.90. The number of rotatable bonds is 6. The maximum Gasteiger partial charge on any atom is 0.268 e. The van der Waals surface area contributed by atoms with Crippen molar-refractivity contribution in [1.29, 1.82) is 0 Å². The van der Waals surface area contributed by atoms with Gasteiger partial charge in [0.1, 0.15) is 16.0 Å². The fraction of sp³-hybridized carbons (Fsp3) is 0.188. The number of hydrogen-bond acceptors (Lipinski definition) is 8. The zero-order chi connectivity index (χ0) is 19.0. The third-order valence-electron chi connectivity index (χ3n) is 3.71. The molecule has 1 aliphatic heterocycles. The number of thiophene rings is 1. The molecule has 3 aromatic rings. The van der Waals surface area contributed by atoms with E-state index in [1.807, 2.05) is 6.07 Å². The molecule has 142 valence electrons. The first kappa shape index (κ1) is 18.1. The van der Waals surface area contributed by atoms with Crippen molar-refractivity contribution < 1.29 is 27.2 Å². The molecule has 0 spiro atoms. The van der Waals surface area contributed by atoms with Gasteiger partial charge < -0.3 is 18.7 Å². The van der Waals surface area contributed by atoms with Crippen molar-refractivity contribution in [3.05, 3.63) is 45.4 Å². The van der Waals surface area contributed by atoms with Crippen LogP contribution >= 0.6 is 27.3 Å². The lowest BCUT2D eigenvalue weighted by atomic mass is 10.2. The first-order valence-corrected chi connectivity index (χ1v) is 10.8. The predicted molar refractivity (Wildman–Crippen MR) is 101 cm³/mol. The van der Waals surface area contributed by atoms with E-state index in [0.717, 1.165) is 5.56 Å². The number of fused-ring (bicyclic) bond motifs is 1. The highest BCUT2D eigenvalue weighted by molar-refractivity contribution is 9.10. The quantitative estimate of drug-likeness (QED) is 0.580. The van der Waals surface area contributed by atoms with Crippen LogP contribution < -0.4 is 18.9 Å². The summed E-state index contributed by atoms with van der Waals surface area (Å²) in [5.41, 5.74) is 1.37. The number of aromatic nitrogens is 1. The molecule has 0 bridgehead atoms. The second-order valence-corrected chi connectivity index (χ2v) is 8.89. The average molecular weight is 473 g/mol. The van der Waals surface area contributed by atoms with Crippen LogP contribution in [0.4, 0.5) is 5.88 Å². The summed E-state index contributed by atoms with van der Waals surface area (Å²) in [6, 6.07) is 6.90. The molecule has 0 fully saturated rings. The summed E-state index contributed by atoms with van der Waals surface area (Å²) in [6.07, 6.45) is 0. The predicted octanol–water partition coefficient (Wildman–Crippen LogP) is 3.92. The Morgan fingerprint density at radius 3 is 2.89 bits per heavy atom. The summed E-state index contributed by atoms with van der Waals surface area (Å²) in [5, 5.41) is 5.62. The van der Waals surface area contributed by atoms with Gasteiger partial charge >= 0.3 is 0 Å². The minimum Gasteiger partial charge on any atom is -0.478 e. The van der Waals surface area contributed by atoms with E-state index in [1.54, 1.807) is 24.4 Å². The second kappa shape index (κ2) is 7.06. The highest BCUT2D eigenvalue weighted by atomic mass is 79.9. The lowest BCUT2D eigenvalue weighted by Gasteiger charge is -2.09. The van der Waals surface area contributed by atoms with Crippen molar-refractivity contribution in [3.63, 3.8) is 0 Å². The molecule has 0 saturated heterocycles. The van der Waals surface area contributed by atoms with Crippen molar-refractivity contribution in [2.45, 2.75) is 18.4 Å². The zero-order valence-corrected chi connectivity index (χ0v) is 17.1. The number of hydrogen-bond donors (Lipinski definition) is 1. The van der Waals surface area contributed by atoms with Crippen LogP contribution in [-0.4, -0.2) is 20.4 Å². The summed E-state index contributed by atoms with van der Waals surface area (Å²) >= 11 is 4.42. The molecular formula is C16H13BrN2O6S2. The Labute approximate surface area is 167 Å². The van der Waals surface area contributed by atoms with E-state index in [4.69, 9.17) is 18.7 Å². The summed E-state index contributed by atoms with van der Waals surface area (Å²) in [4.78, 5) is 0.0224. The molecule has 0 unspecified atom stereocenters. The van der Waals surface area contributed by atoms with E-state index in [0.29, 0.717) is 21.7 Å². The van der Waals surface area contributed by atoms with Gasteiger partial charge in [0.15, 0.2) is 16.6 Å². The Hall–Kier alpha value is -2.24. The fourth-order valence-electron chi connectivity index (χ4n) is 2.37. The first-order chi connectivity index (χ1) is 12.9. The van der Waals surface area contributed by atoms with E-state index < -0.39 is 10.0 Å². The summed E-state index contributed by atoms with van der Waals surface area (Å²) in [6.45, 7) is 2.07. The third kappa shape index (κ3) is 3.62. The van der Waals surface area contributed by atoms with Crippen molar-refractivity contribution in [2.24, 2.45) is 0 Å². The van der Waals surface area contributed by atoms with Crippen molar-refractivity contribution >= 4 is 43.2 Å². The lowest BCUT2D eigenvalue weighted by molar-refractivity contribution is 0.174. The van der Waals surface area contributed by atoms with E-state index >= 15 is 0 Å². The van der Waals surface area contributed by atoms with E-state index in [9.17, 15) is 8.42 Å². The van der Waals surface area contributed by atoms with Crippen LogP contribution in [-0.2, 0) is 16.6 Å². The number of nitrogens with one attached hydrogen (secondary N) is 1. The van der Waals surface area contributed by atoms with Gasteiger partial charge in [0.2, 0.25) is 6.79 Å². The van der Waals surface area contributed by atoms with Gasteiger partial charge in [-0.15, -0.1) is 11.3 Å². The molecule has 0 saturated carbocycles. The molecule has 0 atom stereocenters. The maximum absolute atomic E-state index is 12.7. The molecule has 27 heavy (non-hydrogen) atoms. The molecule has 11 heteroatoms. The molecule has 1 aliphatic rings. The minimum absolute atomic E-state index is 0.0143. The number of ether oxygens (including phenoxy) is 3. The van der Waals surface area contributed by atoms with Crippen molar-refractivity contribution in [2.75, 3.05) is 11.5 Å². The average Bonchev–Trinajstić information content (AvgIpc) is 3.36. The molecule has 0 aliphatic carbocycles. The summed E-state index contributed by atoms with van der Waals surface area (Å²) in [5.74, 6) is 1.33. The minimum atomic E-state index is -3.90. The molecule has 0 radical (unpaired) electrons. The Morgan fingerprint density at radius 1 is 1.30 bits per heavy atom. The lowest BCUT2D eigenvalue weighted by Crippen LogP contribution is -2.13. The van der Waals surface area contributed by atoms with E-state index in [2.05, 4.69) is 25.8 Å². The number of nitrogens with zero attached hydrogens (tertiary/aromatic N) is 1. The number of halogens is 1. The fourth-order valence-corrected chi connectivity index (χ4v) is 4.96. The molecule has 2 aromatic heterocycles. The van der Waals surface area contributed by atoms with Gasteiger partial charge in [-0.3, -0.25) is 0 Å². The van der Waals surface area contributed by atoms with E-state index in [1.165, 1.54) is 17.4 Å². The normalized spacial score (nSPS) is 13.0. The molecule has 8 nitrogen and oxygen atoms in total. The molecule has 4 rings (SSSR count). The Morgan fingerprint density at radius 2 is 2.11 bits per heavy atom. The van der Waals surface area contributed by atoms with Gasteiger partial charge in [-0.2, -0.15) is 0 Å². The van der Waals surface area contributed by atoms with Crippen LogP contribution in [0.3, 0.4) is 0 Å². The Bertz CT molecular complexity index is 1090. The van der Waals surface area contributed by atoms with Crippen LogP contribution in [0.5, 0.6) is 16.6 Å². The number of anilines is 1. The standard InChI is InChI=1S/C16H13BrN2O6S2/c1-9-14(17)15(25-18-9)19-27(20,21)13-4-5-26-16(13)22-7-10-2-3-11-12(6-10)24-8-23-11/h2-6,19H,7-8H2,1H3. The van der Waals surface area contributed by atoms with Crippen LogP contribution in [0.1, 0.15) is 11.3 Å². The largest absolute Gasteiger partial charge is 0.478 e. The van der Waals surface area contributed by atoms with Crippen LogP contribution in [0.25, 0.3) is 0 Å². The summed E-state index contributed by atoms with van der Waals surface area (Å²) < 4.78 is 49.5. The highest BCUT2D eigenvalue weighted by Crippen LogP contribution is 2.36. The number of sulfonamides is 1. The van der Waals surface area contributed by atoms with Gasteiger partial charge in [-0.1, -0.05) is 11.2 Å². The van der Waals surface area contributed by atoms with Crippen LogP contribution in [0.15, 0.2) is 43.5 Å². The smallest absolute Gasteiger partial charge is 0.268 e.